The molecule has 7 nitrogen and oxygen atoms in total. The number of nitrogens with zero attached hydrogens (tertiary/aromatic N) is 1. The number of hydrogen-bond acceptors (Lipinski definition) is 6. The molecule has 374 valence electrons. The van der Waals surface area contributed by atoms with Crippen molar-refractivity contribution < 1.29 is 33.1 Å². The second-order valence-electron chi connectivity index (χ2n) is 20.9. The van der Waals surface area contributed by atoms with Crippen molar-refractivity contribution in [3.05, 3.63) is 0 Å². The van der Waals surface area contributed by atoms with Crippen LogP contribution in [0.4, 0.5) is 0 Å². The molecule has 7 heteroatoms. The van der Waals surface area contributed by atoms with E-state index in [0.29, 0.717) is 30.3 Å². The van der Waals surface area contributed by atoms with Crippen LogP contribution >= 0.6 is 0 Å². The molecule has 0 saturated heterocycles. The van der Waals surface area contributed by atoms with Crippen LogP contribution < -0.4 is 0 Å². The van der Waals surface area contributed by atoms with Gasteiger partial charge in [0, 0.05) is 19.3 Å². The van der Waals surface area contributed by atoms with Gasteiger partial charge in [-0.1, -0.05) is 252 Å². The summed E-state index contributed by atoms with van der Waals surface area (Å²) in [5, 5.41) is 0. The van der Waals surface area contributed by atoms with E-state index in [2.05, 4.69) is 41.9 Å². The van der Waals surface area contributed by atoms with E-state index in [-0.39, 0.29) is 37.7 Å². The largest absolute Gasteiger partial charge is 0.465 e. The Hall–Kier alpha value is -1.63. The topological polar surface area (TPSA) is 78.9 Å². The number of esters is 3. The minimum Gasteiger partial charge on any atom is -0.465 e. The van der Waals surface area contributed by atoms with Gasteiger partial charge in [-0.3, -0.25) is 14.4 Å². The van der Waals surface area contributed by atoms with Gasteiger partial charge in [0.1, 0.15) is 25.2 Å². The van der Waals surface area contributed by atoms with Gasteiger partial charge in [0.2, 0.25) is 0 Å². The Balaban J connectivity index is 4.83. The predicted molar refractivity (Wildman–Crippen MR) is 269 cm³/mol. The van der Waals surface area contributed by atoms with Crippen molar-refractivity contribution >= 4 is 17.9 Å². The Morgan fingerprint density at radius 1 is 0.302 bits per heavy atom. The van der Waals surface area contributed by atoms with Crippen LogP contribution in [0.25, 0.3) is 0 Å². The summed E-state index contributed by atoms with van der Waals surface area (Å²) in [5.41, 5.74) is -0.818. The Labute approximate surface area is 393 Å². The number of carbonyl (C=O) groups excluding carboxylic acids is 3. The van der Waals surface area contributed by atoms with Crippen LogP contribution in [0.15, 0.2) is 0 Å². The van der Waals surface area contributed by atoms with Crippen molar-refractivity contribution in [2.45, 2.75) is 290 Å². The third-order valence-electron chi connectivity index (χ3n) is 12.9. The summed E-state index contributed by atoms with van der Waals surface area (Å²) in [4.78, 5) is 39.2. The van der Waals surface area contributed by atoms with Crippen molar-refractivity contribution in [3.8, 4) is 0 Å². The highest BCUT2D eigenvalue weighted by Crippen LogP contribution is 2.25. The van der Waals surface area contributed by atoms with E-state index < -0.39 is 5.41 Å². The number of hydrogen-bond donors (Lipinski definition) is 0. The van der Waals surface area contributed by atoms with Gasteiger partial charge in [-0.2, -0.15) is 0 Å². The molecule has 0 saturated carbocycles. The van der Waals surface area contributed by atoms with Gasteiger partial charge < -0.3 is 18.7 Å². The lowest BCUT2D eigenvalue weighted by atomic mass is 9.89. The maximum absolute atomic E-state index is 13.1. The SMILES string of the molecule is CCCCCCCCCCCCCCCCCC(=O)OCC(COC(=O)CCCCCCCCCCC)(COC(=O)CCCCCCCCCCCCCCCCC)C[N+](C)(C)C. The Morgan fingerprint density at radius 2 is 0.476 bits per heavy atom. The van der Waals surface area contributed by atoms with Crippen LogP contribution in [0.5, 0.6) is 0 Å². The molecule has 0 aliphatic heterocycles. The van der Waals surface area contributed by atoms with Crippen LogP contribution in [-0.2, 0) is 28.6 Å². The van der Waals surface area contributed by atoms with Crippen molar-refractivity contribution in [1.29, 1.82) is 0 Å². The van der Waals surface area contributed by atoms with E-state index in [1.807, 2.05) is 0 Å². The molecule has 0 aliphatic rings. The van der Waals surface area contributed by atoms with Crippen molar-refractivity contribution in [1.82, 2.24) is 0 Å². The third-order valence-corrected chi connectivity index (χ3v) is 12.9. The highest BCUT2D eigenvalue weighted by molar-refractivity contribution is 5.70. The smallest absolute Gasteiger partial charge is 0.305 e. The van der Waals surface area contributed by atoms with Gasteiger partial charge in [-0.15, -0.1) is 0 Å². The molecule has 0 aliphatic carbocycles. The monoisotopic (exact) mass is 893 g/mol. The highest BCUT2D eigenvalue weighted by atomic mass is 16.6. The van der Waals surface area contributed by atoms with Crippen LogP contribution in [0, 0.1) is 5.41 Å². The fraction of sp³-hybridized carbons (Fsp3) is 0.946. The molecule has 0 unspecified atom stereocenters. The molecule has 0 fully saturated rings. The molecule has 0 atom stereocenters. The summed E-state index contributed by atoms with van der Waals surface area (Å²) in [7, 11) is 6.23. The Morgan fingerprint density at radius 3 is 0.651 bits per heavy atom. The normalized spacial score (nSPS) is 11.9. The van der Waals surface area contributed by atoms with Crippen LogP contribution in [-0.4, -0.2) is 69.9 Å². The lowest BCUT2D eigenvalue weighted by Gasteiger charge is -2.38. The maximum atomic E-state index is 13.1. The molecule has 0 rings (SSSR count). The molecule has 63 heavy (non-hydrogen) atoms. The van der Waals surface area contributed by atoms with Gasteiger partial charge >= 0.3 is 17.9 Å². The van der Waals surface area contributed by atoms with E-state index >= 15 is 0 Å². The van der Waals surface area contributed by atoms with Gasteiger partial charge in [0.05, 0.1) is 27.7 Å². The van der Waals surface area contributed by atoms with Crippen LogP contribution in [0.2, 0.25) is 0 Å². The summed E-state index contributed by atoms with van der Waals surface area (Å²) < 4.78 is 18.4. The minimum absolute atomic E-state index is 0.0667. The molecule has 0 aromatic rings. The predicted octanol–water partition coefficient (Wildman–Crippen LogP) is 16.8. The van der Waals surface area contributed by atoms with E-state index in [4.69, 9.17) is 14.2 Å². The van der Waals surface area contributed by atoms with Gasteiger partial charge in [-0.25, -0.2) is 0 Å². The first-order valence-electron chi connectivity index (χ1n) is 27.8. The first kappa shape index (κ1) is 61.4. The molecule has 0 aromatic carbocycles. The quantitative estimate of drug-likeness (QED) is 0.0262. The zero-order valence-electron chi connectivity index (χ0n) is 43.4. The summed E-state index contributed by atoms with van der Waals surface area (Å²) in [6.07, 6.45) is 50.3. The Kier molecular flexibility index (Phi) is 44.3. The summed E-state index contributed by atoms with van der Waals surface area (Å²) in [6, 6.07) is 0. The Bertz CT molecular complexity index is 958. The summed E-state index contributed by atoms with van der Waals surface area (Å²) in [6.45, 7) is 7.54. The zero-order chi connectivity index (χ0) is 46.4. The van der Waals surface area contributed by atoms with Gasteiger partial charge in [0.25, 0.3) is 0 Å². The van der Waals surface area contributed by atoms with Crippen molar-refractivity contribution in [2.75, 3.05) is 47.5 Å². The van der Waals surface area contributed by atoms with Gasteiger partial charge in [0.15, 0.2) is 0 Å². The molecule has 0 spiro atoms. The number of unbranched alkanes of at least 4 members (excludes halogenated alkanes) is 36. The van der Waals surface area contributed by atoms with E-state index in [1.165, 1.54) is 193 Å². The van der Waals surface area contributed by atoms with Crippen molar-refractivity contribution in [2.24, 2.45) is 5.41 Å². The first-order chi connectivity index (χ1) is 30.6. The average Bonchev–Trinajstić information content (AvgIpc) is 3.25. The molecule has 0 heterocycles. The molecule has 0 radical (unpaired) electrons. The summed E-state index contributed by atoms with van der Waals surface area (Å²) in [5.74, 6) is -0.668. The van der Waals surface area contributed by atoms with Gasteiger partial charge in [-0.05, 0) is 19.3 Å². The summed E-state index contributed by atoms with van der Waals surface area (Å²) >= 11 is 0. The van der Waals surface area contributed by atoms with E-state index in [1.54, 1.807) is 0 Å². The van der Waals surface area contributed by atoms with E-state index in [9.17, 15) is 14.4 Å². The lowest BCUT2D eigenvalue weighted by molar-refractivity contribution is -0.877. The third kappa shape index (κ3) is 45.3. The molecule has 0 amide bonds. The van der Waals surface area contributed by atoms with Crippen molar-refractivity contribution in [3.63, 3.8) is 0 Å². The highest BCUT2D eigenvalue weighted by Gasteiger charge is 2.41. The number of carbonyl (C=O) groups is 3. The fourth-order valence-corrected chi connectivity index (χ4v) is 9.05. The lowest BCUT2D eigenvalue weighted by Crippen LogP contribution is -2.52. The maximum Gasteiger partial charge on any atom is 0.305 e. The fourth-order valence-electron chi connectivity index (χ4n) is 9.05. The average molecular weight is 893 g/mol. The molecular weight excluding hydrogens is 783 g/mol. The van der Waals surface area contributed by atoms with Crippen LogP contribution in [0.1, 0.15) is 290 Å². The second kappa shape index (κ2) is 45.5. The standard InChI is InChI=1S/C56H110NO6/c1-7-10-13-16-19-22-24-26-28-30-32-35-38-41-44-47-54(59)62-51-56(49-57(4,5)6,50-61-53(58)46-43-40-37-34-21-18-15-12-9-3)52-63-55(60)48-45-42-39-36-33-31-29-27-25-23-20-17-14-11-8-2/h7-52H2,1-6H3/q+1. The molecule has 0 aromatic heterocycles. The number of quaternary nitrogens is 1. The first-order valence-corrected chi connectivity index (χ1v) is 27.8. The van der Waals surface area contributed by atoms with E-state index in [0.717, 1.165) is 57.8 Å². The number of rotatable bonds is 50. The van der Waals surface area contributed by atoms with Crippen LogP contribution in [0.3, 0.4) is 0 Å². The molecule has 0 bridgehead atoms. The zero-order valence-corrected chi connectivity index (χ0v) is 43.4. The second-order valence-corrected chi connectivity index (χ2v) is 20.9. The molecular formula is C56H110NO6+. The molecule has 0 N–H and O–H groups in total. The minimum atomic E-state index is -0.818. The number of ether oxygens (including phenoxy) is 3.